The molecule has 1 atom stereocenters. The number of ether oxygens (including phenoxy) is 2. The summed E-state index contributed by atoms with van der Waals surface area (Å²) in [4.78, 5) is 0. The smallest absolute Gasteiger partial charge is 0.142 e. The Balaban J connectivity index is 2.85. The molecule has 1 aromatic carbocycles. The molecule has 0 aliphatic rings. The summed E-state index contributed by atoms with van der Waals surface area (Å²) in [6, 6.07) is 3.50. The van der Waals surface area contributed by atoms with Gasteiger partial charge in [-0.25, -0.2) is 0 Å². The van der Waals surface area contributed by atoms with Crippen LogP contribution in [0.3, 0.4) is 0 Å². The first-order valence-corrected chi connectivity index (χ1v) is 6.65. The summed E-state index contributed by atoms with van der Waals surface area (Å²) in [6.07, 6.45) is 0.0231. The van der Waals surface area contributed by atoms with Crippen molar-refractivity contribution in [3.63, 3.8) is 0 Å². The van der Waals surface area contributed by atoms with Crippen LogP contribution in [0.4, 0.5) is 0 Å². The maximum Gasteiger partial charge on any atom is 0.142 e. The molecule has 0 amide bonds. The summed E-state index contributed by atoms with van der Waals surface area (Å²) >= 11 is 15.3. The molecule has 0 radical (unpaired) electrons. The highest BCUT2D eigenvalue weighted by atomic mass is 79.9. The second-order valence-electron chi connectivity index (χ2n) is 3.37. The molecular weight excluding hydrogens is 315 g/mol. The minimum absolute atomic E-state index is 0.0231. The van der Waals surface area contributed by atoms with E-state index >= 15 is 0 Å². The van der Waals surface area contributed by atoms with E-state index < -0.39 is 0 Å². The standard InChI is InChI=1S/C11H13BrCl2O2/c1-7(15-2)6-16-11-8(5-12)3-9(13)4-10(11)14/h3-4,7H,5-6H2,1-2H3. The van der Waals surface area contributed by atoms with Gasteiger partial charge >= 0.3 is 0 Å². The van der Waals surface area contributed by atoms with Crippen molar-refractivity contribution >= 4 is 39.1 Å². The molecule has 0 aliphatic carbocycles. The molecule has 0 heterocycles. The molecular formula is C11H13BrCl2O2. The largest absolute Gasteiger partial charge is 0.489 e. The van der Waals surface area contributed by atoms with Crippen LogP contribution in [0.1, 0.15) is 12.5 Å². The van der Waals surface area contributed by atoms with E-state index in [-0.39, 0.29) is 6.10 Å². The van der Waals surface area contributed by atoms with Gasteiger partial charge in [0.15, 0.2) is 0 Å². The monoisotopic (exact) mass is 326 g/mol. The average Bonchev–Trinajstić information content (AvgIpc) is 2.26. The van der Waals surface area contributed by atoms with E-state index in [9.17, 15) is 0 Å². The first kappa shape index (κ1) is 14.1. The zero-order valence-electron chi connectivity index (χ0n) is 9.10. The normalized spacial score (nSPS) is 12.6. The van der Waals surface area contributed by atoms with Gasteiger partial charge in [-0.15, -0.1) is 0 Å². The van der Waals surface area contributed by atoms with Gasteiger partial charge in [-0.3, -0.25) is 0 Å². The highest BCUT2D eigenvalue weighted by Crippen LogP contribution is 2.33. The molecule has 16 heavy (non-hydrogen) atoms. The Bertz CT molecular complexity index is 358. The fourth-order valence-electron chi connectivity index (χ4n) is 1.14. The van der Waals surface area contributed by atoms with E-state index in [1.54, 1.807) is 13.2 Å². The van der Waals surface area contributed by atoms with Crippen LogP contribution >= 0.6 is 39.1 Å². The number of alkyl halides is 1. The maximum atomic E-state index is 6.07. The molecule has 0 N–H and O–H groups in total. The molecule has 1 rings (SSSR count). The number of methoxy groups -OCH3 is 1. The molecule has 0 aromatic heterocycles. The Labute approximate surface area is 114 Å². The van der Waals surface area contributed by atoms with Crippen LogP contribution in [-0.4, -0.2) is 19.8 Å². The summed E-state index contributed by atoms with van der Waals surface area (Å²) in [5.74, 6) is 0.659. The number of benzene rings is 1. The molecule has 0 fully saturated rings. The minimum Gasteiger partial charge on any atom is -0.489 e. The van der Waals surface area contributed by atoms with Gasteiger partial charge in [-0.2, -0.15) is 0 Å². The lowest BCUT2D eigenvalue weighted by molar-refractivity contribution is 0.0714. The van der Waals surface area contributed by atoms with Gasteiger partial charge in [0.05, 0.1) is 11.1 Å². The number of hydrogen-bond donors (Lipinski definition) is 0. The molecule has 0 aliphatic heterocycles. The van der Waals surface area contributed by atoms with E-state index in [4.69, 9.17) is 32.7 Å². The van der Waals surface area contributed by atoms with Crippen molar-refractivity contribution in [1.82, 2.24) is 0 Å². The zero-order chi connectivity index (χ0) is 12.1. The van der Waals surface area contributed by atoms with Crippen molar-refractivity contribution in [2.45, 2.75) is 18.4 Å². The summed E-state index contributed by atoms with van der Waals surface area (Å²) in [7, 11) is 1.64. The number of halogens is 3. The van der Waals surface area contributed by atoms with E-state index in [1.165, 1.54) is 0 Å². The Hall–Kier alpha value is 0.0400. The van der Waals surface area contributed by atoms with Crippen LogP contribution in [0, 0.1) is 0 Å². The second kappa shape index (κ2) is 6.70. The SMILES string of the molecule is COC(C)COc1c(Cl)cc(Cl)cc1CBr. The zero-order valence-corrected chi connectivity index (χ0v) is 12.2. The summed E-state index contributed by atoms with van der Waals surface area (Å²) < 4.78 is 10.7. The molecule has 2 nitrogen and oxygen atoms in total. The molecule has 1 unspecified atom stereocenters. The number of hydrogen-bond acceptors (Lipinski definition) is 2. The summed E-state index contributed by atoms with van der Waals surface area (Å²) in [5, 5.41) is 1.76. The van der Waals surface area contributed by atoms with E-state index in [0.717, 1.165) is 5.56 Å². The Morgan fingerprint density at radius 2 is 2.06 bits per heavy atom. The molecule has 0 saturated carbocycles. The van der Waals surface area contributed by atoms with Gasteiger partial charge in [0.25, 0.3) is 0 Å². The lowest BCUT2D eigenvalue weighted by Crippen LogP contribution is -2.16. The van der Waals surface area contributed by atoms with Crippen molar-refractivity contribution < 1.29 is 9.47 Å². The molecule has 0 spiro atoms. The Morgan fingerprint density at radius 3 is 2.62 bits per heavy atom. The second-order valence-corrected chi connectivity index (χ2v) is 4.77. The minimum atomic E-state index is 0.0231. The maximum absolute atomic E-state index is 6.07. The van der Waals surface area contributed by atoms with Crippen molar-refractivity contribution in [3.8, 4) is 5.75 Å². The molecule has 0 bridgehead atoms. The first-order valence-electron chi connectivity index (χ1n) is 4.78. The quantitative estimate of drug-likeness (QED) is 0.750. The van der Waals surface area contributed by atoms with Gasteiger partial charge in [-0.05, 0) is 19.1 Å². The van der Waals surface area contributed by atoms with Crippen molar-refractivity contribution in [2.24, 2.45) is 0 Å². The molecule has 5 heteroatoms. The van der Waals surface area contributed by atoms with Gasteiger partial charge in [0.1, 0.15) is 12.4 Å². The van der Waals surface area contributed by atoms with Crippen LogP contribution in [0.25, 0.3) is 0 Å². The molecule has 1 aromatic rings. The summed E-state index contributed by atoms with van der Waals surface area (Å²) in [5.41, 5.74) is 0.931. The third-order valence-corrected chi connectivity index (χ3v) is 3.20. The average molecular weight is 328 g/mol. The first-order chi connectivity index (χ1) is 7.58. The van der Waals surface area contributed by atoms with Crippen LogP contribution < -0.4 is 4.74 Å². The van der Waals surface area contributed by atoms with Gasteiger partial charge < -0.3 is 9.47 Å². The van der Waals surface area contributed by atoms with Crippen molar-refractivity contribution in [3.05, 3.63) is 27.7 Å². The molecule has 90 valence electrons. The highest BCUT2D eigenvalue weighted by molar-refractivity contribution is 9.08. The van der Waals surface area contributed by atoms with Gasteiger partial charge in [-0.1, -0.05) is 39.1 Å². The third-order valence-electron chi connectivity index (χ3n) is 2.09. The predicted molar refractivity (Wildman–Crippen MR) is 71.1 cm³/mol. The van der Waals surface area contributed by atoms with Crippen LogP contribution in [0.5, 0.6) is 5.75 Å². The van der Waals surface area contributed by atoms with E-state index in [1.807, 2.05) is 13.0 Å². The van der Waals surface area contributed by atoms with Crippen molar-refractivity contribution in [2.75, 3.05) is 13.7 Å². The van der Waals surface area contributed by atoms with E-state index in [0.29, 0.717) is 27.7 Å². The Morgan fingerprint density at radius 1 is 1.38 bits per heavy atom. The topological polar surface area (TPSA) is 18.5 Å². The fourth-order valence-corrected chi connectivity index (χ4v) is 2.15. The number of rotatable bonds is 5. The van der Waals surface area contributed by atoms with Gasteiger partial charge in [0, 0.05) is 23.0 Å². The Kier molecular flexibility index (Phi) is 5.90. The van der Waals surface area contributed by atoms with Gasteiger partial charge in [0.2, 0.25) is 0 Å². The summed E-state index contributed by atoms with van der Waals surface area (Å²) in [6.45, 7) is 2.38. The predicted octanol–water partition coefficient (Wildman–Crippen LogP) is 4.30. The molecule has 0 saturated heterocycles. The van der Waals surface area contributed by atoms with Crippen LogP contribution in [0.2, 0.25) is 10.0 Å². The van der Waals surface area contributed by atoms with E-state index in [2.05, 4.69) is 15.9 Å². The highest BCUT2D eigenvalue weighted by Gasteiger charge is 2.11. The third kappa shape index (κ3) is 3.81. The van der Waals surface area contributed by atoms with Crippen LogP contribution in [-0.2, 0) is 10.1 Å². The van der Waals surface area contributed by atoms with Crippen molar-refractivity contribution in [1.29, 1.82) is 0 Å². The lowest BCUT2D eigenvalue weighted by Gasteiger charge is -2.15. The fraction of sp³-hybridized carbons (Fsp3) is 0.455. The van der Waals surface area contributed by atoms with Crippen LogP contribution in [0.15, 0.2) is 12.1 Å². The lowest BCUT2D eigenvalue weighted by atomic mass is 10.2.